The minimum atomic E-state index is -1.01. The van der Waals surface area contributed by atoms with E-state index in [-0.39, 0.29) is 41.5 Å². The molecule has 0 bridgehead atoms. The number of thiocarbonyl (C=S) groups is 1. The van der Waals surface area contributed by atoms with Gasteiger partial charge in [-0.05, 0) is 50.3 Å². The predicted octanol–water partition coefficient (Wildman–Crippen LogP) is 0.968. The Hall–Kier alpha value is -6.02. The fourth-order valence-electron chi connectivity index (χ4n) is 9.29. The van der Waals surface area contributed by atoms with Crippen LogP contribution in [0.2, 0.25) is 0 Å². The van der Waals surface area contributed by atoms with Crippen LogP contribution in [0.5, 0.6) is 0 Å². The van der Waals surface area contributed by atoms with Crippen LogP contribution in [0.4, 0.5) is 27.8 Å². The maximum absolute atomic E-state index is 13.6. The molecule has 19 nitrogen and oxygen atoms in total. The van der Waals surface area contributed by atoms with E-state index < -0.39 is 52.8 Å². The van der Waals surface area contributed by atoms with Gasteiger partial charge in [0.25, 0.3) is 17.7 Å². The number of amides is 6. The van der Waals surface area contributed by atoms with Gasteiger partial charge in [0.1, 0.15) is 11.9 Å². The van der Waals surface area contributed by atoms with E-state index in [1.54, 1.807) is 46.5 Å². The van der Waals surface area contributed by atoms with Gasteiger partial charge in [0, 0.05) is 76.0 Å². The summed E-state index contributed by atoms with van der Waals surface area (Å²) in [6.45, 7) is 4.08. The normalized spacial score (nSPS) is 24.8. The van der Waals surface area contributed by atoms with Gasteiger partial charge in [-0.25, -0.2) is 14.8 Å². The summed E-state index contributed by atoms with van der Waals surface area (Å²) in [6.07, 6.45) is 7.72. The molecular weight excluding hydrogens is 769 g/mol. The van der Waals surface area contributed by atoms with Crippen molar-refractivity contribution in [2.45, 2.75) is 61.7 Å². The van der Waals surface area contributed by atoms with Crippen molar-refractivity contribution in [1.29, 1.82) is 0 Å². The zero-order chi connectivity index (χ0) is 40.5. The molecule has 0 saturated carbocycles. The Kier molecular flexibility index (Phi) is 9.14. The Labute approximate surface area is 337 Å². The largest absolute Gasteiger partial charge is 0.438 e. The van der Waals surface area contributed by atoms with Crippen LogP contribution in [0.3, 0.4) is 0 Å². The number of carbonyl (C=O) groups excluding carboxylic acids is 6. The number of fused-ring (bicyclic) bond motifs is 1. The van der Waals surface area contributed by atoms with Gasteiger partial charge in [0.15, 0.2) is 17.1 Å². The molecule has 6 amide bonds. The SMILES string of the molecule is Cn1cc(Nc2nc(N3CCCC(C=S)(N4CC5(CN(C6CCN(c7ccc8c(c7)C(=O)N(C7CCC(=O)NC7=O)C8=O)CC6)C5)OC4=O)C3)cnc2C(N)=O)cn1. The van der Waals surface area contributed by atoms with E-state index in [2.05, 4.69) is 30.5 Å². The summed E-state index contributed by atoms with van der Waals surface area (Å²) < 4.78 is 7.75. The number of anilines is 4. The summed E-state index contributed by atoms with van der Waals surface area (Å²) in [7, 11) is 1.77. The third-order valence-electron chi connectivity index (χ3n) is 12.3. The van der Waals surface area contributed by atoms with Gasteiger partial charge in [-0.1, -0.05) is 12.2 Å². The van der Waals surface area contributed by atoms with Gasteiger partial charge >= 0.3 is 6.09 Å². The van der Waals surface area contributed by atoms with E-state index in [9.17, 15) is 28.8 Å². The molecule has 2 aromatic heterocycles. The first-order chi connectivity index (χ1) is 27.9. The molecule has 4 N–H and O–H groups in total. The highest BCUT2D eigenvalue weighted by Gasteiger charge is 2.59. The highest BCUT2D eigenvalue weighted by Crippen LogP contribution is 2.41. The van der Waals surface area contributed by atoms with Crippen LogP contribution < -0.4 is 26.2 Å². The van der Waals surface area contributed by atoms with Crippen molar-refractivity contribution in [2.75, 3.05) is 60.9 Å². The number of hydrogen-bond acceptors (Lipinski definition) is 15. The molecule has 9 rings (SSSR count). The van der Waals surface area contributed by atoms with Crippen molar-refractivity contribution in [3.63, 3.8) is 0 Å². The van der Waals surface area contributed by atoms with Crippen LogP contribution in [0.15, 0.2) is 36.8 Å². The second-order valence-corrected chi connectivity index (χ2v) is 16.2. The molecule has 1 spiro atoms. The summed E-state index contributed by atoms with van der Waals surface area (Å²) in [5.74, 6) is -2.11. The highest BCUT2D eigenvalue weighted by molar-refractivity contribution is 7.79. The molecule has 1 aromatic carbocycles. The number of primary amides is 1. The average molecular weight is 811 g/mol. The molecule has 0 aliphatic carbocycles. The molecule has 302 valence electrons. The number of piperidine rings is 3. The number of aromatic nitrogens is 4. The lowest BCUT2D eigenvalue weighted by Gasteiger charge is -2.52. The van der Waals surface area contributed by atoms with Crippen LogP contribution in [-0.4, -0.2) is 144 Å². The van der Waals surface area contributed by atoms with Gasteiger partial charge in [-0.2, -0.15) is 5.10 Å². The number of nitrogens with zero attached hydrogens (tertiary/aromatic N) is 9. The first-order valence-electron chi connectivity index (χ1n) is 19.3. The molecule has 58 heavy (non-hydrogen) atoms. The molecule has 5 saturated heterocycles. The van der Waals surface area contributed by atoms with Gasteiger partial charge in [0.05, 0.1) is 41.3 Å². The minimum Gasteiger partial charge on any atom is -0.438 e. The van der Waals surface area contributed by atoms with Crippen LogP contribution in [0, 0.1) is 0 Å². The Morgan fingerprint density at radius 3 is 2.48 bits per heavy atom. The predicted molar refractivity (Wildman–Crippen MR) is 211 cm³/mol. The van der Waals surface area contributed by atoms with E-state index in [1.807, 2.05) is 11.0 Å². The number of benzene rings is 1. The van der Waals surface area contributed by atoms with Gasteiger partial charge < -0.3 is 25.6 Å². The summed E-state index contributed by atoms with van der Waals surface area (Å²) >= 11 is 5.64. The van der Waals surface area contributed by atoms with Crippen molar-refractivity contribution in [2.24, 2.45) is 12.8 Å². The smallest absolute Gasteiger partial charge is 0.411 e. The summed E-state index contributed by atoms with van der Waals surface area (Å²) in [5.41, 5.74) is 6.13. The summed E-state index contributed by atoms with van der Waals surface area (Å²) in [4.78, 5) is 94.9. The molecule has 20 heteroatoms. The van der Waals surface area contributed by atoms with Crippen molar-refractivity contribution in [3.05, 3.63) is 53.6 Å². The van der Waals surface area contributed by atoms with Crippen molar-refractivity contribution in [1.82, 2.24) is 39.8 Å². The Morgan fingerprint density at radius 1 is 1.00 bits per heavy atom. The Bertz CT molecular complexity index is 2270. The Morgan fingerprint density at radius 2 is 1.78 bits per heavy atom. The summed E-state index contributed by atoms with van der Waals surface area (Å²) in [5, 5.41) is 11.1. The number of aryl methyl sites for hydroxylation is 1. The number of nitrogens with two attached hydrogens (primary N) is 1. The first-order valence-corrected chi connectivity index (χ1v) is 19.8. The van der Waals surface area contributed by atoms with Gasteiger partial charge in [0.2, 0.25) is 11.8 Å². The summed E-state index contributed by atoms with van der Waals surface area (Å²) in [6, 6.07) is 4.48. The number of rotatable bonds is 9. The minimum absolute atomic E-state index is 0.00604. The topological polar surface area (TPSA) is 222 Å². The van der Waals surface area contributed by atoms with Crippen molar-refractivity contribution < 1.29 is 33.5 Å². The average Bonchev–Trinajstić information content (AvgIpc) is 3.86. The van der Waals surface area contributed by atoms with Crippen LogP contribution in [-0.2, 0) is 21.4 Å². The van der Waals surface area contributed by atoms with Crippen LogP contribution in [0.1, 0.15) is 69.7 Å². The zero-order valence-corrected chi connectivity index (χ0v) is 32.6. The maximum atomic E-state index is 13.6. The molecule has 2 atom stereocenters. The monoisotopic (exact) mass is 810 g/mol. The lowest BCUT2D eigenvalue weighted by atomic mass is 9.85. The number of imide groups is 2. The number of carbonyl (C=O) groups is 6. The molecule has 8 heterocycles. The standard InChI is InChI=1S/C38H42N12O7S/c1-45-16-22(14-41-45)42-32-30(31(39)52)40-15-28(43-32)47-10-2-9-37(17-47,21-58)49-20-38(57-36(49)56)18-48(19-38)23-7-11-46(12-8-23)24-3-4-25-26(13-24)35(55)50(34(25)54)27-5-6-29(51)44-33(27)53/h3-4,13-16,21,23,27H,2,5-12,17-20H2,1H3,(H2,39,52)(H,42,43)(H,44,51,53). The van der Waals surface area contributed by atoms with E-state index >= 15 is 0 Å². The zero-order valence-electron chi connectivity index (χ0n) is 31.8. The van der Waals surface area contributed by atoms with E-state index in [1.165, 1.54) is 6.20 Å². The lowest BCUT2D eigenvalue weighted by molar-refractivity contribution is -0.136. The second-order valence-electron chi connectivity index (χ2n) is 16.0. The van der Waals surface area contributed by atoms with Crippen LogP contribution >= 0.6 is 12.2 Å². The Balaban J connectivity index is 0.820. The molecular formula is C38H42N12O7S. The van der Waals surface area contributed by atoms with Crippen molar-refractivity contribution >= 4 is 76.2 Å². The second kappa shape index (κ2) is 14.1. The lowest BCUT2D eigenvalue weighted by Crippen LogP contribution is -2.68. The highest BCUT2D eigenvalue weighted by atomic mass is 32.1. The van der Waals surface area contributed by atoms with Crippen LogP contribution in [0.25, 0.3) is 0 Å². The van der Waals surface area contributed by atoms with Gasteiger partial charge in [-0.3, -0.25) is 48.7 Å². The number of nitrogens with one attached hydrogen (secondary N) is 2. The molecule has 5 fully saturated rings. The fraction of sp³-hybridized carbons (Fsp3) is 0.474. The maximum Gasteiger partial charge on any atom is 0.411 e. The van der Waals surface area contributed by atoms with E-state index in [0.717, 1.165) is 42.9 Å². The number of ether oxygens (including phenoxy) is 1. The molecule has 2 unspecified atom stereocenters. The number of hydrogen-bond donors (Lipinski definition) is 3. The van der Waals surface area contributed by atoms with Gasteiger partial charge in [-0.15, -0.1) is 0 Å². The van der Waals surface area contributed by atoms with Crippen molar-refractivity contribution in [3.8, 4) is 0 Å². The number of likely N-dealkylation sites (tertiary alicyclic amines) is 1. The fourth-order valence-corrected chi connectivity index (χ4v) is 9.61. The molecule has 6 aliphatic rings. The molecule has 0 radical (unpaired) electrons. The third-order valence-corrected chi connectivity index (χ3v) is 12.7. The molecule has 6 aliphatic heterocycles. The van der Waals surface area contributed by atoms with E-state index in [0.29, 0.717) is 50.6 Å². The first kappa shape index (κ1) is 37.6. The third kappa shape index (κ3) is 6.39. The molecule has 3 aromatic rings. The van der Waals surface area contributed by atoms with E-state index in [4.69, 9.17) is 27.7 Å². The quantitative estimate of drug-likeness (QED) is 0.203.